The number of halogens is 3. The molecule has 0 aromatic heterocycles. The lowest BCUT2D eigenvalue weighted by atomic mass is 9.73. The van der Waals surface area contributed by atoms with Crippen molar-refractivity contribution in [3.8, 4) is 0 Å². The number of nitrogens with zero attached hydrogens (tertiary/aromatic N) is 2. The summed E-state index contributed by atoms with van der Waals surface area (Å²) in [6.45, 7) is 5.38. The number of piperidine rings is 1. The first-order chi connectivity index (χ1) is 11.8. The Bertz CT molecular complexity index is 634. The van der Waals surface area contributed by atoms with Crippen molar-refractivity contribution in [1.29, 1.82) is 0 Å². The van der Waals surface area contributed by atoms with Gasteiger partial charge in [0.2, 0.25) is 0 Å². The third-order valence-corrected chi connectivity index (χ3v) is 5.58. The average molecular weight is 354 g/mol. The number of alkyl halides is 3. The number of aldehydes is 1. The summed E-state index contributed by atoms with van der Waals surface area (Å²) < 4.78 is 38.0. The fourth-order valence-electron chi connectivity index (χ4n) is 4.40. The van der Waals surface area contributed by atoms with Gasteiger partial charge in [0.1, 0.15) is 6.29 Å². The summed E-state index contributed by atoms with van der Waals surface area (Å²) >= 11 is 0. The Morgan fingerprint density at radius 1 is 1.24 bits per heavy atom. The van der Waals surface area contributed by atoms with Gasteiger partial charge < -0.3 is 9.69 Å². The molecule has 6 heteroatoms. The van der Waals surface area contributed by atoms with Gasteiger partial charge in [0.05, 0.1) is 13.1 Å². The van der Waals surface area contributed by atoms with Gasteiger partial charge in [-0.25, -0.2) is 0 Å². The van der Waals surface area contributed by atoms with Crippen molar-refractivity contribution >= 4 is 12.0 Å². The number of hydrogen-bond acceptors (Lipinski definition) is 3. The Balaban J connectivity index is 1.88. The van der Waals surface area contributed by atoms with E-state index in [4.69, 9.17) is 0 Å². The van der Waals surface area contributed by atoms with E-state index < -0.39 is 12.7 Å². The lowest BCUT2D eigenvalue weighted by Crippen LogP contribution is -2.47. The topological polar surface area (TPSA) is 23.6 Å². The molecule has 1 saturated heterocycles. The number of fused-ring (bicyclic) bond motifs is 2. The Morgan fingerprint density at radius 2 is 1.92 bits per heavy atom. The van der Waals surface area contributed by atoms with Crippen molar-refractivity contribution in [2.24, 2.45) is 0 Å². The molecule has 1 aromatic carbocycles. The third-order valence-electron chi connectivity index (χ3n) is 5.58. The van der Waals surface area contributed by atoms with E-state index in [0.29, 0.717) is 38.4 Å². The highest BCUT2D eigenvalue weighted by molar-refractivity contribution is 5.72. The second-order valence-corrected chi connectivity index (χ2v) is 7.62. The fraction of sp³-hybridized carbons (Fsp3) is 0.632. The lowest BCUT2D eigenvalue weighted by molar-refractivity contribution is -0.149. The first kappa shape index (κ1) is 18.2. The van der Waals surface area contributed by atoms with E-state index in [-0.39, 0.29) is 5.41 Å². The zero-order valence-electron chi connectivity index (χ0n) is 14.8. The summed E-state index contributed by atoms with van der Waals surface area (Å²) in [7, 11) is 0. The van der Waals surface area contributed by atoms with E-state index in [1.54, 1.807) is 0 Å². The number of rotatable bonds is 4. The van der Waals surface area contributed by atoms with E-state index in [1.807, 2.05) is 6.07 Å². The van der Waals surface area contributed by atoms with E-state index >= 15 is 0 Å². The van der Waals surface area contributed by atoms with Gasteiger partial charge in [0, 0.05) is 17.6 Å². The molecule has 0 atom stereocenters. The molecule has 3 rings (SSSR count). The van der Waals surface area contributed by atoms with Gasteiger partial charge in [-0.3, -0.25) is 4.90 Å². The zero-order chi connectivity index (χ0) is 18.2. The fourth-order valence-corrected chi connectivity index (χ4v) is 4.40. The molecule has 2 aliphatic rings. The molecule has 0 N–H and O–H groups in total. The molecule has 0 amide bonds. The summed E-state index contributed by atoms with van der Waals surface area (Å²) in [6.07, 6.45) is -1.83. The number of carbonyl (C=O) groups is 1. The summed E-state index contributed by atoms with van der Waals surface area (Å²) in [5, 5.41) is 0. The molecule has 2 heterocycles. The molecule has 0 radical (unpaired) electrons. The molecule has 0 aliphatic carbocycles. The van der Waals surface area contributed by atoms with Crippen LogP contribution in [0.1, 0.15) is 43.7 Å². The van der Waals surface area contributed by atoms with E-state index in [9.17, 15) is 18.0 Å². The predicted molar refractivity (Wildman–Crippen MR) is 92.2 cm³/mol. The molecular weight excluding hydrogens is 329 g/mol. The number of hydrogen-bond donors (Lipinski definition) is 0. The average Bonchev–Trinajstić information content (AvgIpc) is 2.83. The van der Waals surface area contributed by atoms with Gasteiger partial charge in [-0.2, -0.15) is 13.2 Å². The maximum atomic E-state index is 12.7. The van der Waals surface area contributed by atoms with Crippen molar-refractivity contribution in [3.05, 3.63) is 29.3 Å². The van der Waals surface area contributed by atoms with Gasteiger partial charge in [-0.1, -0.05) is 32.0 Å². The van der Waals surface area contributed by atoms with Crippen LogP contribution in [0.5, 0.6) is 0 Å². The van der Waals surface area contributed by atoms with Crippen LogP contribution in [0, 0.1) is 0 Å². The molecule has 1 spiro atoms. The minimum Gasteiger partial charge on any atom is -0.363 e. The second-order valence-electron chi connectivity index (χ2n) is 7.62. The smallest absolute Gasteiger partial charge is 0.363 e. The minimum atomic E-state index is -4.15. The second kappa shape index (κ2) is 6.63. The Kier molecular flexibility index (Phi) is 4.84. The minimum absolute atomic E-state index is 0.134. The SMILES string of the molecule is CC(C)c1cccc2c1N(CC=O)CC21CCN(CC(F)(F)F)CC1. The van der Waals surface area contributed by atoms with Gasteiger partial charge >= 0.3 is 6.18 Å². The lowest BCUT2D eigenvalue weighted by Gasteiger charge is -2.40. The molecule has 1 fully saturated rings. The summed E-state index contributed by atoms with van der Waals surface area (Å²) in [6, 6.07) is 6.24. The molecule has 0 unspecified atom stereocenters. The summed E-state index contributed by atoms with van der Waals surface area (Å²) in [5.41, 5.74) is 3.43. The van der Waals surface area contributed by atoms with Gasteiger partial charge in [0.25, 0.3) is 0 Å². The Labute approximate surface area is 146 Å². The molecule has 0 bridgehead atoms. The molecular formula is C19H25F3N2O. The first-order valence-electron chi connectivity index (χ1n) is 8.87. The number of likely N-dealkylation sites (tertiary alicyclic amines) is 1. The molecule has 25 heavy (non-hydrogen) atoms. The van der Waals surface area contributed by atoms with Gasteiger partial charge in [0.15, 0.2) is 0 Å². The molecule has 1 aromatic rings. The van der Waals surface area contributed by atoms with Crippen molar-refractivity contribution in [3.63, 3.8) is 0 Å². The highest BCUT2D eigenvalue weighted by Crippen LogP contribution is 2.49. The maximum Gasteiger partial charge on any atom is 0.401 e. The van der Waals surface area contributed by atoms with Crippen LogP contribution in [-0.2, 0) is 10.2 Å². The van der Waals surface area contributed by atoms with Crippen LogP contribution >= 0.6 is 0 Å². The number of benzene rings is 1. The Morgan fingerprint density at radius 3 is 2.48 bits per heavy atom. The van der Waals surface area contributed by atoms with Crippen molar-refractivity contribution in [1.82, 2.24) is 4.90 Å². The number of carbonyl (C=O) groups excluding carboxylic acids is 1. The normalized spacial score (nSPS) is 20.3. The highest BCUT2D eigenvalue weighted by Gasteiger charge is 2.46. The van der Waals surface area contributed by atoms with Crippen molar-refractivity contribution < 1.29 is 18.0 Å². The van der Waals surface area contributed by atoms with Crippen molar-refractivity contribution in [2.75, 3.05) is 37.6 Å². The van der Waals surface area contributed by atoms with Crippen LogP contribution < -0.4 is 4.90 Å². The van der Waals surface area contributed by atoms with E-state index in [0.717, 1.165) is 18.5 Å². The van der Waals surface area contributed by atoms with E-state index in [1.165, 1.54) is 16.0 Å². The molecule has 138 valence electrons. The van der Waals surface area contributed by atoms with Crippen LogP contribution in [-0.4, -0.2) is 50.1 Å². The third kappa shape index (κ3) is 3.54. The monoisotopic (exact) mass is 354 g/mol. The van der Waals surface area contributed by atoms with Crippen LogP contribution in [0.15, 0.2) is 18.2 Å². The van der Waals surface area contributed by atoms with Crippen LogP contribution in [0.2, 0.25) is 0 Å². The predicted octanol–water partition coefficient (Wildman–Crippen LogP) is 3.72. The van der Waals surface area contributed by atoms with Gasteiger partial charge in [-0.15, -0.1) is 0 Å². The van der Waals surface area contributed by atoms with Crippen LogP contribution in [0.3, 0.4) is 0 Å². The number of anilines is 1. The van der Waals surface area contributed by atoms with E-state index in [2.05, 4.69) is 30.9 Å². The highest BCUT2D eigenvalue weighted by atomic mass is 19.4. The number of para-hydroxylation sites is 1. The standard InChI is InChI=1S/C19H25F3N2O/c1-14(2)15-4-3-5-16-17(15)24(10-11-25)12-18(16)6-8-23(9-7-18)13-19(20,21)22/h3-5,11,14H,6-10,12-13H2,1-2H3. The maximum absolute atomic E-state index is 12.7. The van der Waals surface area contributed by atoms with Gasteiger partial charge in [-0.05, 0) is 43.0 Å². The summed E-state index contributed by atoms with van der Waals surface area (Å²) in [5.74, 6) is 0.338. The van der Waals surface area contributed by atoms with Crippen molar-refractivity contribution in [2.45, 2.75) is 44.2 Å². The first-order valence-corrected chi connectivity index (χ1v) is 8.87. The quantitative estimate of drug-likeness (QED) is 0.770. The largest absolute Gasteiger partial charge is 0.401 e. The molecule has 0 saturated carbocycles. The zero-order valence-corrected chi connectivity index (χ0v) is 14.8. The van der Waals surface area contributed by atoms with Crippen LogP contribution in [0.25, 0.3) is 0 Å². The summed E-state index contributed by atoms with van der Waals surface area (Å²) in [4.78, 5) is 14.8. The van der Waals surface area contributed by atoms with Crippen LogP contribution in [0.4, 0.5) is 18.9 Å². The Hall–Kier alpha value is -1.56. The molecule has 2 aliphatic heterocycles. The molecule has 3 nitrogen and oxygen atoms in total.